The average molecular weight is 421 g/mol. The molecule has 0 fully saturated rings. The number of H-pyrrole nitrogens is 1. The maximum atomic E-state index is 12.7. The summed E-state index contributed by atoms with van der Waals surface area (Å²) in [4.78, 5) is 40.3. The first-order chi connectivity index (χ1) is 13.4. The summed E-state index contributed by atoms with van der Waals surface area (Å²) in [5.41, 5.74) is 2.11. The smallest absolute Gasteiger partial charge is 0.325 e. The topological polar surface area (TPSA) is 106 Å². The molecule has 2 heterocycles. The molecule has 8 nitrogen and oxygen atoms in total. The standard InChI is InChI=1S/C18H17ClN4O4S/c1-10-13(7-15(24)20-8-16(25)27-2)17(26)23(22-10)18-21-14(9-28-18)11-3-5-12(19)6-4-11/h3-6,9,22H,7-8H2,1-2H3,(H,20,24). The fourth-order valence-corrected chi connectivity index (χ4v) is 3.43. The number of carbonyl (C=O) groups excluding carboxylic acids is 2. The lowest BCUT2D eigenvalue weighted by molar-refractivity contribution is -0.141. The van der Waals surface area contributed by atoms with E-state index in [4.69, 9.17) is 11.6 Å². The lowest BCUT2D eigenvalue weighted by atomic mass is 10.2. The van der Waals surface area contributed by atoms with Crippen molar-refractivity contribution in [2.45, 2.75) is 13.3 Å². The zero-order chi connectivity index (χ0) is 20.3. The second-order valence-electron chi connectivity index (χ2n) is 5.91. The Morgan fingerprint density at radius 3 is 2.71 bits per heavy atom. The van der Waals surface area contributed by atoms with Crippen LogP contribution >= 0.6 is 22.9 Å². The first-order valence-electron chi connectivity index (χ1n) is 8.25. The summed E-state index contributed by atoms with van der Waals surface area (Å²) in [5.74, 6) is -1.01. The Kier molecular flexibility index (Phi) is 5.96. The van der Waals surface area contributed by atoms with E-state index < -0.39 is 11.9 Å². The quantitative estimate of drug-likeness (QED) is 0.594. The molecule has 10 heteroatoms. The van der Waals surface area contributed by atoms with Gasteiger partial charge in [-0.05, 0) is 19.1 Å². The molecule has 3 rings (SSSR count). The molecule has 0 aliphatic rings. The second-order valence-corrected chi connectivity index (χ2v) is 7.18. The van der Waals surface area contributed by atoms with Crippen molar-refractivity contribution < 1.29 is 14.3 Å². The number of nitrogens with zero attached hydrogens (tertiary/aromatic N) is 2. The molecule has 0 bridgehead atoms. The highest BCUT2D eigenvalue weighted by Crippen LogP contribution is 2.24. The summed E-state index contributed by atoms with van der Waals surface area (Å²) in [6.07, 6.45) is -0.152. The molecular weight excluding hydrogens is 404 g/mol. The van der Waals surface area contributed by atoms with E-state index in [9.17, 15) is 14.4 Å². The largest absolute Gasteiger partial charge is 0.468 e. The van der Waals surface area contributed by atoms with Crippen LogP contribution in [0.2, 0.25) is 5.02 Å². The molecule has 0 unspecified atom stereocenters. The molecule has 28 heavy (non-hydrogen) atoms. The number of hydrogen-bond acceptors (Lipinski definition) is 6. The van der Waals surface area contributed by atoms with E-state index in [-0.39, 0.29) is 18.5 Å². The molecule has 3 aromatic rings. The minimum Gasteiger partial charge on any atom is -0.468 e. The van der Waals surface area contributed by atoms with E-state index in [2.05, 4.69) is 20.1 Å². The second kappa shape index (κ2) is 8.41. The Labute approximate surface area is 169 Å². The van der Waals surface area contributed by atoms with Gasteiger partial charge in [0.25, 0.3) is 5.56 Å². The van der Waals surface area contributed by atoms with Gasteiger partial charge in [-0.15, -0.1) is 11.3 Å². The van der Waals surface area contributed by atoms with E-state index in [1.807, 2.05) is 17.5 Å². The van der Waals surface area contributed by atoms with Crippen LogP contribution in [0.5, 0.6) is 0 Å². The van der Waals surface area contributed by atoms with Crippen LogP contribution in [-0.2, 0) is 20.7 Å². The Hall–Kier alpha value is -2.91. The van der Waals surface area contributed by atoms with Crippen molar-refractivity contribution in [1.29, 1.82) is 0 Å². The van der Waals surface area contributed by atoms with Crippen molar-refractivity contribution in [3.63, 3.8) is 0 Å². The SMILES string of the molecule is COC(=O)CNC(=O)Cc1c(C)[nH]n(-c2nc(-c3ccc(Cl)cc3)cs2)c1=O. The fraction of sp³-hybridized carbons (Fsp3) is 0.222. The van der Waals surface area contributed by atoms with Gasteiger partial charge < -0.3 is 10.1 Å². The summed E-state index contributed by atoms with van der Waals surface area (Å²) >= 11 is 7.20. The molecule has 0 spiro atoms. The number of rotatable bonds is 6. The molecule has 1 amide bonds. The molecule has 146 valence electrons. The number of aromatic amines is 1. The Bertz CT molecular complexity index is 1070. The molecular formula is C18H17ClN4O4S. The van der Waals surface area contributed by atoms with Crippen LogP contribution in [-0.4, -0.2) is 40.3 Å². The number of halogens is 1. The highest BCUT2D eigenvalue weighted by Gasteiger charge is 2.18. The van der Waals surface area contributed by atoms with Gasteiger partial charge in [0.05, 0.1) is 19.2 Å². The fourth-order valence-electron chi connectivity index (χ4n) is 2.51. The summed E-state index contributed by atoms with van der Waals surface area (Å²) < 4.78 is 5.77. The monoisotopic (exact) mass is 420 g/mol. The highest BCUT2D eigenvalue weighted by atomic mass is 35.5. The van der Waals surface area contributed by atoms with Crippen molar-refractivity contribution in [1.82, 2.24) is 20.1 Å². The molecule has 0 atom stereocenters. The summed E-state index contributed by atoms with van der Waals surface area (Å²) in [7, 11) is 1.23. The van der Waals surface area contributed by atoms with Gasteiger partial charge in [0, 0.05) is 27.2 Å². The highest BCUT2D eigenvalue weighted by molar-refractivity contribution is 7.12. The number of nitrogens with one attached hydrogen (secondary N) is 2. The lowest BCUT2D eigenvalue weighted by Crippen LogP contribution is -2.32. The Morgan fingerprint density at radius 2 is 2.04 bits per heavy atom. The number of esters is 1. The third-order valence-electron chi connectivity index (χ3n) is 4.01. The van der Waals surface area contributed by atoms with Gasteiger partial charge in [0.1, 0.15) is 6.54 Å². The van der Waals surface area contributed by atoms with Gasteiger partial charge in [-0.25, -0.2) is 4.98 Å². The van der Waals surface area contributed by atoms with Gasteiger partial charge >= 0.3 is 5.97 Å². The number of ether oxygens (including phenoxy) is 1. The Balaban J connectivity index is 1.80. The molecule has 2 N–H and O–H groups in total. The van der Waals surface area contributed by atoms with Crippen LogP contribution in [0.25, 0.3) is 16.4 Å². The number of aryl methyl sites for hydroxylation is 1. The van der Waals surface area contributed by atoms with E-state index in [0.717, 1.165) is 5.56 Å². The number of methoxy groups -OCH3 is 1. The number of thiazole rings is 1. The number of benzene rings is 1. The van der Waals surface area contributed by atoms with Crippen molar-refractivity contribution in [3.8, 4) is 16.4 Å². The number of aromatic nitrogens is 3. The third kappa shape index (κ3) is 4.32. The zero-order valence-electron chi connectivity index (χ0n) is 15.1. The van der Waals surface area contributed by atoms with Crippen LogP contribution in [0.3, 0.4) is 0 Å². The van der Waals surface area contributed by atoms with Gasteiger partial charge in [-0.1, -0.05) is 23.7 Å². The van der Waals surface area contributed by atoms with E-state index in [1.54, 1.807) is 19.1 Å². The van der Waals surface area contributed by atoms with Crippen LogP contribution in [0.4, 0.5) is 0 Å². The average Bonchev–Trinajstić information content (AvgIpc) is 3.27. The Morgan fingerprint density at radius 1 is 1.32 bits per heavy atom. The van der Waals surface area contributed by atoms with Crippen molar-refractivity contribution in [3.05, 3.63) is 56.3 Å². The minimum absolute atomic E-state index is 0.152. The van der Waals surface area contributed by atoms with Gasteiger partial charge in [0.15, 0.2) is 0 Å². The maximum Gasteiger partial charge on any atom is 0.325 e. The molecule has 0 aliphatic heterocycles. The van der Waals surface area contributed by atoms with Gasteiger partial charge in [0.2, 0.25) is 11.0 Å². The number of hydrogen-bond donors (Lipinski definition) is 2. The van der Waals surface area contributed by atoms with Crippen molar-refractivity contribution >= 4 is 34.8 Å². The minimum atomic E-state index is -0.561. The summed E-state index contributed by atoms with van der Waals surface area (Å²) in [6, 6.07) is 7.24. The zero-order valence-corrected chi connectivity index (χ0v) is 16.7. The maximum absolute atomic E-state index is 12.7. The third-order valence-corrected chi connectivity index (χ3v) is 5.09. The van der Waals surface area contributed by atoms with Crippen LogP contribution in [0.15, 0.2) is 34.4 Å². The molecule has 0 saturated carbocycles. The van der Waals surface area contributed by atoms with Crippen LogP contribution < -0.4 is 10.9 Å². The van der Waals surface area contributed by atoms with Crippen LogP contribution in [0.1, 0.15) is 11.3 Å². The number of amides is 1. The van der Waals surface area contributed by atoms with Crippen molar-refractivity contribution in [2.75, 3.05) is 13.7 Å². The molecule has 0 radical (unpaired) electrons. The number of carbonyl (C=O) groups is 2. The summed E-state index contributed by atoms with van der Waals surface area (Å²) in [5, 5.41) is 8.29. The molecule has 1 aromatic carbocycles. The van der Waals surface area contributed by atoms with Crippen molar-refractivity contribution in [2.24, 2.45) is 0 Å². The molecule has 0 aliphatic carbocycles. The van der Waals surface area contributed by atoms with Gasteiger partial charge in [-0.3, -0.25) is 19.5 Å². The predicted molar refractivity (Wildman–Crippen MR) is 106 cm³/mol. The molecule has 2 aromatic heterocycles. The molecule has 0 saturated heterocycles. The van der Waals surface area contributed by atoms with E-state index in [0.29, 0.717) is 27.1 Å². The van der Waals surface area contributed by atoms with E-state index >= 15 is 0 Å². The lowest BCUT2D eigenvalue weighted by Gasteiger charge is -2.02. The first-order valence-corrected chi connectivity index (χ1v) is 9.50. The van der Waals surface area contributed by atoms with Crippen LogP contribution in [0, 0.1) is 6.92 Å². The predicted octanol–water partition coefficient (Wildman–Crippen LogP) is 2.08. The normalized spacial score (nSPS) is 10.7. The van der Waals surface area contributed by atoms with Gasteiger partial charge in [-0.2, -0.15) is 4.68 Å². The van der Waals surface area contributed by atoms with E-state index in [1.165, 1.54) is 23.1 Å². The summed E-state index contributed by atoms with van der Waals surface area (Å²) in [6.45, 7) is 1.46. The first kappa shape index (κ1) is 19.8.